The van der Waals surface area contributed by atoms with E-state index < -0.39 is 24.1 Å². The van der Waals surface area contributed by atoms with E-state index in [4.69, 9.17) is 9.84 Å². The Balaban J connectivity index is 5.68. The molecule has 0 radical (unpaired) electrons. The number of Topliss-reactive ketones (excluding diaryl/α,β-unsaturated/α-hetero) is 1. The second-order valence-corrected chi connectivity index (χ2v) is 9.22. The molecule has 1 atom stereocenters. The number of hydrogen-bond acceptors (Lipinski definition) is 5. The Morgan fingerprint density at radius 3 is 1.59 bits per heavy atom. The molecule has 5 heteroatoms. The average Bonchev–Trinajstić information content (AvgIpc) is 2.71. The second-order valence-electron chi connectivity index (χ2n) is 9.22. The quantitative estimate of drug-likeness (QED) is 0.193. The number of allylic oxidation sites excluding steroid dienone is 8. The maximum absolute atomic E-state index is 13.0. The van der Waals surface area contributed by atoms with Crippen molar-refractivity contribution in [1.29, 1.82) is 0 Å². The van der Waals surface area contributed by atoms with Crippen LogP contribution >= 0.6 is 0 Å². The minimum Gasteiger partial charge on any atom is -0.462 e. The van der Waals surface area contributed by atoms with Crippen LogP contribution < -0.4 is 0 Å². The van der Waals surface area contributed by atoms with E-state index in [9.17, 15) is 14.7 Å². The Labute approximate surface area is 194 Å². The Morgan fingerprint density at radius 2 is 1.25 bits per heavy atom. The Bertz CT molecular complexity index is 676. The number of carbonyl (C=O) groups is 2. The third-order valence-corrected chi connectivity index (χ3v) is 5.46. The van der Waals surface area contributed by atoms with E-state index in [0.29, 0.717) is 0 Å². The smallest absolute Gasteiger partial charge is 0.320 e. The van der Waals surface area contributed by atoms with Gasteiger partial charge in [-0.15, -0.1) is 0 Å². The Kier molecular flexibility index (Phi) is 14.8. The van der Waals surface area contributed by atoms with Crippen LogP contribution in [0.3, 0.4) is 0 Å². The maximum Gasteiger partial charge on any atom is 0.320 e. The molecule has 0 rings (SSSR count). The lowest BCUT2D eigenvalue weighted by atomic mass is 9.76. The molecule has 0 fully saturated rings. The van der Waals surface area contributed by atoms with Gasteiger partial charge in [0.25, 0.3) is 0 Å². The lowest BCUT2D eigenvalue weighted by Gasteiger charge is -2.28. The van der Waals surface area contributed by atoms with Crippen molar-refractivity contribution < 1.29 is 24.5 Å². The van der Waals surface area contributed by atoms with Crippen molar-refractivity contribution in [3.63, 3.8) is 0 Å². The molecule has 0 aliphatic heterocycles. The van der Waals surface area contributed by atoms with Gasteiger partial charge >= 0.3 is 5.97 Å². The second kappa shape index (κ2) is 15.8. The molecule has 5 nitrogen and oxygen atoms in total. The monoisotopic (exact) mass is 448 g/mol. The topological polar surface area (TPSA) is 83.8 Å². The molecule has 0 saturated heterocycles. The van der Waals surface area contributed by atoms with Gasteiger partial charge in [0.05, 0.1) is 6.61 Å². The number of carbonyl (C=O) groups excluding carboxylic acids is 2. The molecular weight excluding hydrogens is 404 g/mol. The van der Waals surface area contributed by atoms with E-state index in [1.165, 1.54) is 18.1 Å². The highest BCUT2D eigenvalue weighted by atomic mass is 16.5. The molecule has 2 N–H and O–H groups in total. The van der Waals surface area contributed by atoms with Crippen molar-refractivity contribution in [1.82, 2.24) is 0 Å². The molecule has 32 heavy (non-hydrogen) atoms. The van der Waals surface area contributed by atoms with Crippen LogP contribution in [-0.4, -0.2) is 41.3 Å². The van der Waals surface area contributed by atoms with Gasteiger partial charge in [-0.1, -0.05) is 46.6 Å². The van der Waals surface area contributed by atoms with E-state index >= 15 is 0 Å². The first-order chi connectivity index (χ1) is 14.9. The lowest BCUT2D eigenvalue weighted by molar-refractivity contribution is -0.162. The molecule has 0 aliphatic carbocycles. The third-order valence-electron chi connectivity index (χ3n) is 5.46. The molecule has 0 aromatic carbocycles. The number of esters is 1. The lowest BCUT2D eigenvalue weighted by Crippen LogP contribution is -2.40. The zero-order valence-corrected chi connectivity index (χ0v) is 21.2. The molecule has 0 heterocycles. The summed E-state index contributed by atoms with van der Waals surface area (Å²) < 4.78 is 5.26. The molecule has 0 bridgehead atoms. The highest BCUT2D eigenvalue weighted by Gasteiger charge is 2.43. The first-order valence-corrected chi connectivity index (χ1v) is 11.5. The maximum atomic E-state index is 13.0. The van der Waals surface area contributed by atoms with Crippen LogP contribution in [0.2, 0.25) is 0 Å². The van der Waals surface area contributed by atoms with Gasteiger partial charge in [0.2, 0.25) is 0 Å². The molecule has 1 unspecified atom stereocenters. The number of aliphatic hydroxyl groups excluding tert-OH is 2. The van der Waals surface area contributed by atoms with Crippen molar-refractivity contribution >= 4 is 11.8 Å². The van der Waals surface area contributed by atoms with Gasteiger partial charge in [-0.3, -0.25) is 9.59 Å². The van der Waals surface area contributed by atoms with Gasteiger partial charge in [0, 0.05) is 0 Å². The van der Waals surface area contributed by atoms with Crippen LogP contribution in [0.1, 0.15) is 87.0 Å². The highest BCUT2D eigenvalue weighted by molar-refractivity contribution is 6.03. The van der Waals surface area contributed by atoms with Gasteiger partial charge in [0.1, 0.15) is 23.9 Å². The summed E-state index contributed by atoms with van der Waals surface area (Å²) in [4.78, 5) is 25.8. The number of hydrogen-bond donors (Lipinski definition) is 2. The van der Waals surface area contributed by atoms with Gasteiger partial charge in [-0.25, -0.2) is 0 Å². The first kappa shape index (κ1) is 30.0. The number of rotatable bonds is 15. The van der Waals surface area contributed by atoms with Gasteiger partial charge in [-0.2, -0.15) is 0 Å². The highest BCUT2D eigenvalue weighted by Crippen LogP contribution is 2.33. The normalized spacial score (nSPS) is 14.9. The Hall–Kier alpha value is -1.98. The van der Waals surface area contributed by atoms with E-state index in [1.54, 1.807) is 0 Å². The zero-order chi connectivity index (χ0) is 24.7. The molecule has 0 aromatic heterocycles. The first-order valence-electron chi connectivity index (χ1n) is 11.5. The molecular formula is C27H44O5. The molecule has 0 aromatic rings. The van der Waals surface area contributed by atoms with E-state index in [0.717, 1.165) is 36.8 Å². The van der Waals surface area contributed by atoms with Crippen molar-refractivity contribution in [2.45, 2.75) is 93.1 Å². The van der Waals surface area contributed by atoms with Crippen LogP contribution in [0, 0.1) is 5.41 Å². The van der Waals surface area contributed by atoms with Crippen LogP contribution in [0.4, 0.5) is 0 Å². The number of ether oxygens (including phenoxy) is 1. The predicted octanol–water partition coefficient (Wildman–Crippen LogP) is 5.62. The fourth-order valence-corrected chi connectivity index (χ4v) is 3.12. The molecule has 182 valence electrons. The van der Waals surface area contributed by atoms with E-state index in [1.807, 2.05) is 26.0 Å². The summed E-state index contributed by atoms with van der Waals surface area (Å²) in [5.74, 6) is -0.915. The zero-order valence-electron chi connectivity index (χ0n) is 21.2. The van der Waals surface area contributed by atoms with Crippen LogP contribution in [-0.2, 0) is 14.3 Å². The summed E-state index contributed by atoms with van der Waals surface area (Å²) in [6, 6.07) is 0. The average molecular weight is 449 g/mol. The van der Waals surface area contributed by atoms with Crippen molar-refractivity contribution in [3.05, 3.63) is 46.6 Å². The molecule has 0 amide bonds. The fraction of sp³-hybridized carbons (Fsp3) is 0.630. The number of ketones is 1. The minimum atomic E-state index is -1.34. The van der Waals surface area contributed by atoms with Crippen molar-refractivity contribution in [3.8, 4) is 0 Å². The van der Waals surface area contributed by atoms with Gasteiger partial charge in [0.15, 0.2) is 0 Å². The SMILES string of the molecule is CC(=O)C(CC=C(C)CCC=C(C)C)(CC=C(C)CCC=C(C)C)C(=O)OCC(O)CO. The van der Waals surface area contributed by atoms with Crippen molar-refractivity contribution in [2.75, 3.05) is 13.2 Å². The van der Waals surface area contributed by atoms with Crippen LogP contribution in [0.25, 0.3) is 0 Å². The fourth-order valence-electron chi connectivity index (χ4n) is 3.12. The van der Waals surface area contributed by atoms with Crippen molar-refractivity contribution in [2.24, 2.45) is 5.41 Å². The summed E-state index contributed by atoms with van der Waals surface area (Å²) >= 11 is 0. The molecule has 0 spiro atoms. The summed E-state index contributed by atoms with van der Waals surface area (Å²) in [6.45, 7) is 12.8. The molecule has 0 aliphatic rings. The van der Waals surface area contributed by atoms with Gasteiger partial charge < -0.3 is 14.9 Å². The summed E-state index contributed by atoms with van der Waals surface area (Å²) in [6.07, 6.45) is 11.1. The van der Waals surface area contributed by atoms with E-state index in [2.05, 4.69) is 39.8 Å². The third kappa shape index (κ3) is 12.2. The molecule has 0 saturated carbocycles. The standard InChI is InChI=1S/C27H44O5/c1-20(2)10-8-12-22(5)14-16-27(24(7)29,26(31)32-19-25(30)18-28)17-15-23(6)13-9-11-21(3)4/h10-11,14-15,25,28,30H,8-9,12-13,16-19H2,1-7H3. The van der Waals surface area contributed by atoms with Gasteiger partial charge in [-0.05, 0) is 87.0 Å². The van der Waals surface area contributed by atoms with Crippen LogP contribution in [0.5, 0.6) is 0 Å². The minimum absolute atomic E-state index is 0.245. The number of aliphatic hydroxyl groups is 2. The largest absolute Gasteiger partial charge is 0.462 e. The summed E-state index contributed by atoms with van der Waals surface area (Å²) in [7, 11) is 0. The summed E-state index contributed by atoms with van der Waals surface area (Å²) in [5, 5.41) is 18.6. The Morgan fingerprint density at radius 1 is 0.812 bits per heavy atom. The van der Waals surface area contributed by atoms with Crippen LogP contribution in [0.15, 0.2) is 46.6 Å². The predicted molar refractivity (Wildman–Crippen MR) is 131 cm³/mol. The summed E-state index contributed by atoms with van der Waals surface area (Å²) in [5.41, 5.74) is 3.40. The van der Waals surface area contributed by atoms with E-state index in [-0.39, 0.29) is 25.2 Å².